The second-order valence-corrected chi connectivity index (χ2v) is 25.9. The summed E-state index contributed by atoms with van der Waals surface area (Å²) in [4.78, 5) is 129. The summed E-state index contributed by atoms with van der Waals surface area (Å²) < 4.78 is 5.45. The molecule has 8 N–H and O–H groups in total. The van der Waals surface area contributed by atoms with Crippen LogP contribution in [-0.2, 0) is 30.5 Å². The van der Waals surface area contributed by atoms with Crippen LogP contribution in [0.15, 0.2) is 64.0 Å². The van der Waals surface area contributed by atoms with E-state index in [1.165, 1.54) is 70.8 Å². The number of nitrogens with zero attached hydrogens (tertiary/aromatic N) is 7. The molecule has 1 aliphatic carbocycles. The number of aliphatic hydroxyl groups is 1. The average molecular weight is 1250 g/mol. The van der Waals surface area contributed by atoms with E-state index in [0.717, 1.165) is 11.3 Å². The fourth-order valence-electron chi connectivity index (χ4n) is 9.47. The van der Waals surface area contributed by atoms with Gasteiger partial charge < -0.3 is 46.9 Å². The number of pyridine rings is 1. The number of carbonyl (C=O) groups excluding carboxylic acids is 6. The summed E-state index contributed by atoms with van der Waals surface area (Å²) in [6, 6.07) is 9.50. The quantitative estimate of drug-likeness (QED) is 0.0605. The van der Waals surface area contributed by atoms with Gasteiger partial charge in [0.05, 0.1) is 48.1 Å². The van der Waals surface area contributed by atoms with E-state index in [9.17, 15) is 43.8 Å². The molecule has 8 aromatic rings. The third kappa shape index (κ3) is 13.3. The molecule has 10 rings (SSSR count). The molecule has 0 saturated heterocycles. The van der Waals surface area contributed by atoms with Gasteiger partial charge in [0.15, 0.2) is 0 Å². The van der Waals surface area contributed by atoms with Crippen molar-refractivity contribution in [2.24, 2.45) is 17.8 Å². The number of aryl methyl sites for hydroxylation is 1. The van der Waals surface area contributed by atoms with E-state index in [-0.39, 0.29) is 52.9 Å². The highest BCUT2D eigenvalue weighted by Gasteiger charge is 2.34. The summed E-state index contributed by atoms with van der Waals surface area (Å²) in [5, 5.41) is 47.6. The van der Waals surface area contributed by atoms with Gasteiger partial charge in [0.1, 0.15) is 82.2 Å². The number of benzene rings is 1. The van der Waals surface area contributed by atoms with Crippen LogP contribution < -0.4 is 31.9 Å². The number of carbonyl (C=O) groups is 7. The van der Waals surface area contributed by atoms with Gasteiger partial charge in [-0.15, -0.1) is 68.0 Å². The molecule has 1 aromatic carbocycles. The highest BCUT2D eigenvalue weighted by molar-refractivity contribution is 7.15. The van der Waals surface area contributed by atoms with Gasteiger partial charge in [0.2, 0.25) is 17.7 Å². The second kappa shape index (κ2) is 26.1. The molecule has 436 valence electrons. The number of aliphatic carboxylic acids is 1. The van der Waals surface area contributed by atoms with E-state index >= 15 is 0 Å². The largest absolute Gasteiger partial charge is 0.481 e. The van der Waals surface area contributed by atoms with Gasteiger partial charge in [0.25, 0.3) is 17.7 Å². The van der Waals surface area contributed by atoms with E-state index in [1.807, 2.05) is 13.8 Å². The topological polar surface area (TPSA) is 332 Å². The van der Waals surface area contributed by atoms with Gasteiger partial charge in [0, 0.05) is 52.0 Å². The number of carboxylic acids is 1. The molecular formula is C55H55N13O10S6. The lowest BCUT2D eigenvalue weighted by molar-refractivity contribution is -0.143. The summed E-state index contributed by atoms with van der Waals surface area (Å²) >= 11 is 7.19. The van der Waals surface area contributed by atoms with Crippen molar-refractivity contribution in [2.45, 2.75) is 83.7 Å². The van der Waals surface area contributed by atoms with Crippen LogP contribution in [0.4, 0.5) is 5.82 Å². The highest BCUT2D eigenvalue weighted by atomic mass is 32.1. The number of ether oxygens (including phenoxy) is 1. The fraction of sp³-hybridized carbons (Fsp3) is 0.345. The summed E-state index contributed by atoms with van der Waals surface area (Å²) in [5.41, 5.74) is 2.71. The van der Waals surface area contributed by atoms with Gasteiger partial charge in [-0.3, -0.25) is 33.6 Å². The van der Waals surface area contributed by atoms with Crippen LogP contribution in [0.5, 0.6) is 0 Å². The van der Waals surface area contributed by atoms with E-state index in [1.54, 1.807) is 70.9 Å². The highest BCUT2D eigenvalue weighted by Crippen LogP contribution is 2.40. The minimum atomic E-state index is -1.28. The number of aliphatic hydroxyl groups excluding tert-OH is 1. The van der Waals surface area contributed by atoms with Crippen molar-refractivity contribution in [1.82, 2.24) is 61.5 Å². The molecule has 10 bridgehead atoms. The molecule has 1 aliphatic heterocycles. The van der Waals surface area contributed by atoms with Crippen LogP contribution in [0.3, 0.4) is 0 Å². The van der Waals surface area contributed by atoms with E-state index < -0.39 is 72.2 Å². The van der Waals surface area contributed by atoms with E-state index in [0.29, 0.717) is 100 Å². The second-order valence-electron chi connectivity index (χ2n) is 20.0. The fourth-order valence-corrected chi connectivity index (χ4v) is 15.0. The number of anilines is 1. The third-order valence-electron chi connectivity index (χ3n) is 13.9. The number of aromatic nitrogens is 7. The zero-order chi connectivity index (χ0) is 59.3. The van der Waals surface area contributed by atoms with Crippen LogP contribution in [0, 0.1) is 24.7 Å². The molecule has 2 aliphatic rings. The molecule has 8 heterocycles. The summed E-state index contributed by atoms with van der Waals surface area (Å²) in [7, 11) is 2.94. The maximum absolute atomic E-state index is 14.3. The van der Waals surface area contributed by atoms with Gasteiger partial charge in [-0.1, -0.05) is 44.2 Å². The molecule has 1 unspecified atom stereocenters. The molecule has 4 atom stereocenters. The smallest absolute Gasteiger partial charge is 0.306 e. The van der Waals surface area contributed by atoms with E-state index in [4.69, 9.17) is 39.6 Å². The molecule has 7 aromatic heterocycles. The average Bonchev–Trinajstić information content (AvgIpc) is 3.76. The number of carboxylic acid groups (broad SMARTS) is 1. The first kappa shape index (κ1) is 59.5. The van der Waals surface area contributed by atoms with Crippen LogP contribution in [-0.4, -0.2) is 107 Å². The van der Waals surface area contributed by atoms with Gasteiger partial charge in [-0.25, -0.2) is 34.9 Å². The van der Waals surface area contributed by atoms with Gasteiger partial charge in [-0.2, -0.15) is 0 Å². The van der Waals surface area contributed by atoms with Crippen molar-refractivity contribution in [3.8, 4) is 43.4 Å². The molecule has 29 heteroatoms. The van der Waals surface area contributed by atoms with Crippen LogP contribution >= 0.6 is 68.0 Å². The summed E-state index contributed by atoms with van der Waals surface area (Å²) in [6.07, 6.45) is 0.232. The molecular weight excluding hydrogens is 1200 g/mol. The molecule has 84 heavy (non-hydrogen) atoms. The van der Waals surface area contributed by atoms with Crippen LogP contribution in [0.2, 0.25) is 0 Å². The minimum Gasteiger partial charge on any atom is -0.481 e. The third-order valence-corrected chi connectivity index (χ3v) is 19.7. The van der Waals surface area contributed by atoms with Gasteiger partial charge >= 0.3 is 5.97 Å². The van der Waals surface area contributed by atoms with Crippen molar-refractivity contribution in [2.75, 3.05) is 26.0 Å². The molecule has 0 spiro atoms. The van der Waals surface area contributed by atoms with Crippen molar-refractivity contribution in [3.05, 3.63) is 111 Å². The Morgan fingerprint density at radius 2 is 1.37 bits per heavy atom. The number of amides is 6. The maximum Gasteiger partial charge on any atom is 0.306 e. The molecule has 23 nitrogen and oxygen atoms in total. The Balaban J connectivity index is 1.03. The van der Waals surface area contributed by atoms with Crippen LogP contribution in [0.25, 0.3) is 43.4 Å². The maximum atomic E-state index is 14.3. The number of hydrogen-bond donors (Lipinski definition) is 8. The number of fused-ring (bicyclic) bond motifs is 14. The number of nitrogens with one attached hydrogen (secondary N) is 6. The van der Waals surface area contributed by atoms with Crippen molar-refractivity contribution >= 4 is 115 Å². The van der Waals surface area contributed by atoms with Crippen molar-refractivity contribution in [3.63, 3.8) is 0 Å². The number of thiazole rings is 6. The summed E-state index contributed by atoms with van der Waals surface area (Å²) in [5.74, 6) is -4.74. The molecule has 1 saturated carbocycles. The number of methoxy groups -OCH3 is 1. The zero-order valence-electron chi connectivity index (χ0n) is 45.6. The zero-order valence-corrected chi connectivity index (χ0v) is 50.5. The molecule has 0 radical (unpaired) electrons. The molecule has 1 fully saturated rings. The number of hydrogen-bond acceptors (Lipinski definition) is 22. The SMILES string of the molecule is CNC(=O)C[C@@H]1NC(=O)c2csc(n2)-c2ccc(-c3nc(NC(=O)C4CCC(C(=O)O)CC4)cs3)nc2-c2csc(n2)-c2csc(n2)C([C@@H](O)c2ccccc2)NC(=O)CNC(=O)c2nc(sc2COC)[C@H](C(C)C)NC(=O)c2nc1sc2C. The van der Waals surface area contributed by atoms with E-state index in [2.05, 4.69) is 31.9 Å². The monoisotopic (exact) mass is 1250 g/mol. The lowest BCUT2D eigenvalue weighted by Gasteiger charge is -2.24. The minimum absolute atomic E-state index is 0.000649. The normalized spacial score (nSPS) is 19.1. The van der Waals surface area contributed by atoms with Crippen molar-refractivity contribution in [1.29, 1.82) is 0 Å². The Kier molecular flexibility index (Phi) is 18.5. The first-order chi connectivity index (χ1) is 40.4. The first-order valence-electron chi connectivity index (χ1n) is 26.4. The Labute approximate surface area is 504 Å². The van der Waals surface area contributed by atoms with Crippen molar-refractivity contribution < 1.29 is 48.5 Å². The predicted molar refractivity (Wildman–Crippen MR) is 319 cm³/mol. The lowest BCUT2D eigenvalue weighted by Crippen LogP contribution is -2.40. The Hall–Kier alpha value is -7.64. The van der Waals surface area contributed by atoms with Crippen LogP contribution in [0.1, 0.15) is 132 Å². The first-order valence-corrected chi connectivity index (χ1v) is 31.6. The predicted octanol–water partition coefficient (Wildman–Crippen LogP) is 8.14. The summed E-state index contributed by atoms with van der Waals surface area (Å²) in [6.45, 7) is 4.96. The Bertz CT molecular complexity index is 3770. The van der Waals surface area contributed by atoms with Gasteiger partial charge in [-0.05, 0) is 56.2 Å². The standard InChI is InChI=1S/C55H55N13O10S6/c1-24(2)39-54-68-42(35(84-54)19-78-5)47(74)57-18-38(70)65-43(44(71)26-9-7-6-8-10-26)53-62-34(22-81-53)51-60-32(20-80-51)41-29(15-16-30(58-41)50-64-36(23-82-50)63-45(72)27-11-13-28(14-12-27)55(76)77)49-61-33(21-79-49)46(73)59-31(17-37(69)56-4)52-67-40(25(3)83-52)48(75)66-39/h6-10,15-16,20-24,27-28,31,39,43-44,71H,11-14,17-19H2,1-5H3,(H,56,69)(H,57,74)(H,59,73)(H,63,72)(H,65,70)(H,66,75)(H,76,77)/t27?,28?,31-,39-,43?,44-/m0/s1. The Morgan fingerprint density at radius 3 is 2.11 bits per heavy atom. The number of rotatable bonds is 11. The lowest BCUT2D eigenvalue weighted by atomic mass is 9.81. The molecule has 6 amide bonds. The Morgan fingerprint density at radius 1 is 0.679 bits per heavy atom.